The molecule has 2 rings (SSSR count). The van der Waals surface area contributed by atoms with Gasteiger partial charge in [0.25, 0.3) is 0 Å². The molecule has 0 amide bonds. The minimum Gasteiger partial charge on any atom is -0.469 e. The van der Waals surface area contributed by atoms with Gasteiger partial charge >= 0.3 is 0 Å². The van der Waals surface area contributed by atoms with E-state index in [2.05, 4.69) is 36.4 Å². The molecule has 1 unspecified atom stereocenters. The molecule has 0 aliphatic rings. The van der Waals surface area contributed by atoms with Crippen LogP contribution in [-0.2, 0) is 23.0 Å². The zero-order valence-corrected chi connectivity index (χ0v) is 21.7. The van der Waals surface area contributed by atoms with Gasteiger partial charge in [0, 0.05) is 19.0 Å². The third kappa shape index (κ3) is 11.0. The minimum absolute atomic E-state index is 0. The van der Waals surface area contributed by atoms with Crippen molar-refractivity contribution in [3.05, 3.63) is 54.0 Å². The highest BCUT2D eigenvalue weighted by Crippen LogP contribution is 2.10. The predicted molar refractivity (Wildman–Crippen MR) is 136 cm³/mol. The molecule has 2 aromatic rings. The van der Waals surface area contributed by atoms with E-state index in [9.17, 15) is 8.42 Å². The maximum absolute atomic E-state index is 11.4. The van der Waals surface area contributed by atoms with Crippen molar-refractivity contribution in [3.63, 3.8) is 0 Å². The standard InChI is InChI=1S/C22H34N4O3S.HI/c1-17(2)6-4-7-18(3)26-22(24-14-13-20-8-5-15-29-20)25-16-19-9-11-21(12-10-19)30(23,27)28;/h5,8-12,15,17-18H,4,6-7,13-14,16H2,1-3H3,(H2,23,27,28)(H2,24,25,26);1H. The molecule has 4 N–H and O–H groups in total. The Kier molecular flexibility index (Phi) is 12.2. The first-order chi connectivity index (χ1) is 14.2. The van der Waals surface area contributed by atoms with Crippen molar-refractivity contribution in [1.82, 2.24) is 10.6 Å². The van der Waals surface area contributed by atoms with Crippen LogP contribution in [0.2, 0.25) is 0 Å². The number of hydrogen-bond acceptors (Lipinski definition) is 4. The number of halogens is 1. The minimum atomic E-state index is -3.68. The Labute approximate surface area is 203 Å². The van der Waals surface area contributed by atoms with Crippen LogP contribution in [0.5, 0.6) is 0 Å². The maximum atomic E-state index is 11.4. The lowest BCUT2D eigenvalue weighted by molar-refractivity contribution is 0.488. The Morgan fingerprint density at radius 1 is 1.13 bits per heavy atom. The van der Waals surface area contributed by atoms with Crippen LogP contribution in [0.15, 0.2) is 57.0 Å². The monoisotopic (exact) mass is 562 g/mol. The van der Waals surface area contributed by atoms with Gasteiger partial charge in [-0.05, 0) is 49.1 Å². The highest BCUT2D eigenvalue weighted by Gasteiger charge is 2.09. The number of aliphatic imine (C=N–C) groups is 1. The molecule has 9 heteroatoms. The van der Waals surface area contributed by atoms with Crippen molar-refractivity contribution >= 4 is 40.0 Å². The lowest BCUT2D eigenvalue weighted by Crippen LogP contribution is -2.43. The summed E-state index contributed by atoms with van der Waals surface area (Å²) in [6, 6.07) is 10.6. The van der Waals surface area contributed by atoms with E-state index in [1.807, 2.05) is 12.1 Å². The zero-order chi connectivity index (χ0) is 22.0. The second-order valence-electron chi connectivity index (χ2n) is 7.98. The smallest absolute Gasteiger partial charge is 0.238 e. The van der Waals surface area contributed by atoms with E-state index < -0.39 is 10.0 Å². The van der Waals surface area contributed by atoms with E-state index in [1.165, 1.54) is 25.0 Å². The van der Waals surface area contributed by atoms with Gasteiger partial charge in [-0.2, -0.15) is 0 Å². The van der Waals surface area contributed by atoms with Crippen molar-refractivity contribution in [2.75, 3.05) is 6.54 Å². The summed E-state index contributed by atoms with van der Waals surface area (Å²) < 4.78 is 28.2. The van der Waals surface area contributed by atoms with Crippen molar-refractivity contribution in [2.24, 2.45) is 16.0 Å². The van der Waals surface area contributed by atoms with Gasteiger partial charge < -0.3 is 15.1 Å². The zero-order valence-electron chi connectivity index (χ0n) is 18.5. The highest BCUT2D eigenvalue weighted by atomic mass is 127. The number of hydrogen-bond donors (Lipinski definition) is 3. The number of rotatable bonds is 11. The number of benzene rings is 1. The van der Waals surface area contributed by atoms with Gasteiger partial charge in [-0.25, -0.2) is 18.5 Å². The lowest BCUT2D eigenvalue weighted by Gasteiger charge is -2.19. The van der Waals surface area contributed by atoms with E-state index in [1.54, 1.807) is 18.4 Å². The molecule has 0 bridgehead atoms. The molecular formula is C22H35IN4O3S. The summed E-state index contributed by atoms with van der Waals surface area (Å²) in [4.78, 5) is 4.77. The van der Waals surface area contributed by atoms with E-state index in [0.717, 1.165) is 30.1 Å². The summed E-state index contributed by atoms with van der Waals surface area (Å²) in [5.74, 6) is 2.36. The predicted octanol–water partition coefficient (Wildman–Crippen LogP) is 4.04. The number of sulfonamides is 1. The SMILES string of the molecule is CC(C)CCCC(C)NC(=NCc1ccc(S(N)(=O)=O)cc1)NCCc1ccco1.I. The normalized spacial score (nSPS) is 13.0. The molecule has 7 nitrogen and oxygen atoms in total. The van der Waals surface area contributed by atoms with Crippen LogP contribution in [0.3, 0.4) is 0 Å². The van der Waals surface area contributed by atoms with E-state index in [4.69, 9.17) is 9.56 Å². The summed E-state index contributed by atoms with van der Waals surface area (Å²) >= 11 is 0. The number of primary sulfonamides is 1. The third-order valence-electron chi connectivity index (χ3n) is 4.72. The van der Waals surface area contributed by atoms with Crippen LogP contribution in [0.4, 0.5) is 0 Å². The molecule has 174 valence electrons. The van der Waals surface area contributed by atoms with Gasteiger partial charge in [-0.15, -0.1) is 24.0 Å². The molecule has 0 aliphatic heterocycles. The Balaban J connectivity index is 0.00000480. The molecule has 1 heterocycles. The van der Waals surface area contributed by atoms with Crippen molar-refractivity contribution in [2.45, 2.75) is 63.9 Å². The number of nitrogens with one attached hydrogen (secondary N) is 2. The molecule has 0 radical (unpaired) electrons. The summed E-state index contributed by atoms with van der Waals surface area (Å²) in [5.41, 5.74) is 0.905. The van der Waals surface area contributed by atoms with Crippen molar-refractivity contribution in [3.8, 4) is 0 Å². The summed E-state index contributed by atoms with van der Waals surface area (Å²) in [7, 11) is -3.68. The first-order valence-corrected chi connectivity index (χ1v) is 12.0. The van der Waals surface area contributed by atoms with Gasteiger partial charge in [0.15, 0.2) is 5.96 Å². The fourth-order valence-electron chi connectivity index (χ4n) is 3.00. The number of furan rings is 1. The number of guanidine groups is 1. The van der Waals surface area contributed by atoms with Gasteiger partial charge in [-0.3, -0.25) is 0 Å². The van der Waals surface area contributed by atoms with Gasteiger partial charge in [0.05, 0.1) is 17.7 Å². The van der Waals surface area contributed by atoms with E-state index in [0.29, 0.717) is 25.0 Å². The van der Waals surface area contributed by atoms with E-state index >= 15 is 0 Å². The largest absolute Gasteiger partial charge is 0.469 e. The second-order valence-corrected chi connectivity index (χ2v) is 9.54. The number of nitrogens with two attached hydrogens (primary N) is 1. The fourth-order valence-corrected chi connectivity index (χ4v) is 3.52. The van der Waals surface area contributed by atoms with Crippen LogP contribution in [0.25, 0.3) is 0 Å². The molecule has 0 saturated heterocycles. The van der Waals surface area contributed by atoms with Crippen molar-refractivity contribution < 1.29 is 12.8 Å². The molecule has 1 aromatic heterocycles. The Bertz CT molecular complexity index is 882. The quantitative estimate of drug-likeness (QED) is 0.218. The molecular weight excluding hydrogens is 527 g/mol. The van der Waals surface area contributed by atoms with Crippen LogP contribution in [-0.4, -0.2) is 27.0 Å². The topological polar surface area (TPSA) is 110 Å². The van der Waals surface area contributed by atoms with Crippen LogP contribution in [0, 0.1) is 5.92 Å². The Morgan fingerprint density at radius 3 is 2.42 bits per heavy atom. The van der Waals surface area contributed by atoms with E-state index in [-0.39, 0.29) is 28.9 Å². The highest BCUT2D eigenvalue weighted by molar-refractivity contribution is 14.0. The van der Waals surface area contributed by atoms with Crippen LogP contribution < -0.4 is 15.8 Å². The van der Waals surface area contributed by atoms with Gasteiger partial charge in [-0.1, -0.05) is 38.8 Å². The molecule has 0 spiro atoms. The summed E-state index contributed by atoms with van der Waals surface area (Å²) in [5, 5.41) is 12.0. The first kappa shape index (κ1) is 27.4. The maximum Gasteiger partial charge on any atom is 0.238 e. The Hall–Kier alpha value is -1.59. The summed E-state index contributed by atoms with van der Waals surface area (Å²) in [6.45, 7) is 7.76. The van der Waals surface area contributed by atoms with Crippen molar-refractivity contribution in [1.29, 1.82) is 0 Å². The molecule has 0 saturated carbocycles. The average Bonchev–Trinajstić information content (AvgIpc) is 3.19. The third-order valence-corrected chi connectivity index (χ3v) is 5.65. The first-order valence-electron chi connectivity index (χ1n) is 10.4. The average molecular weight is 563 g/mol. The Morgan fingerprint density at radius 2 is 1.84 bits per heavy atom. The molecule has 0 aliphatic carbocycles. The number of nitrogens with zero attached hydrogens (tertiary/aromatic N) is 1. The molecule has 0 fully saturated rings. The van der Waals surface area contributed by atoms with Crippen LogP contribution in [0.1, 0.15) is 51.4 Å². The fraction of sp³-hybridized carbons (Fsp3) is 0.500. The molecule has 31 heavy (non-hydrogen) atoms. The van der Waals surface area contributed by atoms with Crippen LogP contribution >= 0.6 is 24.0 Å². The summed E-state index contributed by atoms with van der Waals surface area (Å²) in [6.07, 6.45) is 5.88. The molecule has 1 atom stereocenters. The second kappa shape index (κ2) is 13.7. The van der Waals surface area contributed by atoms with Gasteiger partial charge in [0.2, 0.25) is 10.0 Å². The van der Waals surface area contributed by atoms with Gasteiger partial charge in [0.1, 0.15) is 5.76 Å². The lowest BCUT2D eigenvalue weighted by atomic mass is 10.0. The molecule has 1 aromatic carbocycles.